The Kier molecular flexibility index (Phi) is 5.57. The Morgan fingerprint density at radius 3 is 2.67 bits per heavy atom. The number of aryl methyl sites for hydroxylation is 1. The Bertz CT molecular complexity index is 875. The van der Waals surface area contributed by atoms with Gasteiger partial charge in [0.25, 0.3) is 5.91 Å². The molecule has 3 rings (SSSR count). The van der Waals surface area contributed by atoms with Crippen LogP contribution < -0.4 is 5.32 Å². The zero-order chi connectivity index (χ0) is 17.1. The lowest BCUT2D eigenvalue weighted by atomic mass is 10.1. The molecule has 1 amide bonds. The van der Waals surface area contributed by atoms with Crippen LogP contribution >= 0.6 is 45.7 Å². The molecule has 3 aromatic rings. The molecular formula is C18H15IN2OS2. The van der Waals surface area contributed by atoms with Gasteiger partial charge in [-0.15, -0.1) is 23.1 Å². The lowest BCUT2D eigenvalue weighted by Gasteiger charge is -2.06. The minimum absolute atomic E-state index is 0.123. The molecule has 6 heteroatoms. The summed E-state index contributed by atoms with van der Waals surface area (Å²) in [6.07, 6.45) is 2.05. The van der Waals surface area contributed by atoms with Gasteiger partial charge in [-0.25, -0.2) is 4.98 Å². The molecule has 2 aromatic carbocycles. The summed E-state index contributed by atoms with van der Waals surface area (Å²) in [6.45, 7) is 2.00. The monoisotopic (exact) mass is 466 g/mol. The summed E-state index contributed by atoms with van der Waals surface area (Å²) in [5.74, 6) is -0.123. The maximum absolute atomic E-state index is 12.5. The van der Waals surface area contributed by atoms with Crippen molar-refractivity contribution in [2.24, 2.45) is 0 Å². The van der Waals surface area contributed by atoms with Crippen LogP contribution in [0.1, 0.15) is 15.9 Å². The maximum atomic E-state index is 12.5. The zero-order valence-corrected chi connectivity index (χ0v) is 17.0. The van der Waals surface area contributed by atoms with Gasteiger partial charge >= 0.3 is 0 Å². The second-order valence-electron chi connectivity index (χ2n) is 5.16. The van der Waals surface area contributed by atoms with E-state index in [0.717, 1.165) is 20.4 Å². The normalized spacial score (nSPS) is 10.6. The molecule has 0 saturated carbocycles. The summed E-state index contributed by atoms with van der Waals surface area (Å²) >= 11 is 5.35. The van der Waals surface area contributed by atoms with Crippen LogP contribution in [-0.2, 0) is 0 Å². The number of anilines is 1. The first-order valence-electron chi connectivity index (χ1n) is 7.25. The third-order valence-corrected chi connectivity index (χ3v) is 6.48. The van der Waals surface area contributed by atoms with E-state index < -0.39 is 0 Å². The average molecular weight is 466 g/mol. The van der Waals surface area contributed by atoms with E-state index in [-0.39, 0.29) is 5.91 Å². The van der Waals surface area contributed by atoms with Gasteiger partial charge in [0.1, 0.15) is 0 Å². The SMILES string of the molecule is CSc1ccc(-c2csc(NC(=O)c3cccc(C)c3I)n2)cc1. The van der Waals surface area contributed by atoms with Crippen LogP contribution in [0.4, 0.5) is 5.13 Å². The van der Waals surface area contributed by atoms with Crippen molar-refractivity contribution in [2.45, 2.75) is 11.8 Å². The molecule has 0 unspecified atom stereocenters. The highest BCUT2D eigenvalue weighted by Gasteiger charge is 2.13. The van der Waals surface area contributed by atoms with Gasteiger partial charge in [-0.2, -0.15) is 0 Å². The van der Waals surface area contributed by atoms with E-state index in [4.69, 9.17) is 0 Å². The molecule has 1 aromatic heterocycles. The molecular weight excluding hydrogens is 451 g/mol. The van der Waals surface area contributed by atoms with Gasteiger partial charge in [-0.1, -0.05) is 24.3 Å². The quantitative estimate of drug-likeness (QED) is 0.397. The van der Waals surface area contributed by atoms with Crippen molar-refractivity contribution in [1.82, 2.24) is 4.98 Å². The number of carbonyl (C=O) groups is 1. The van der Waals surface area contributed by atoms with Crippen LogP contribution in [0.25, 0.3) is 11.3 Å². The van der Waals surface area contributed by atoms with Gasteiger partial charge in [0.05, 0.1) is 11.3 Å². The van der Waals surface area contributed by atoms with Crippen LogP contribution in [0, 0.1) is 10.5 Å². The van der Waals surface area contributed by atoms with Crippen LogP contribution in [0.3, 0.4) is 0 Å². The number of aromatic nitrogens is 1. The summed E-state index contributed by atoms with van der Waals surface area (Å²) in [5, 5.41) is 5.47. The Morgan fingerprint density at radius 1 is 1.21 bits per heavy atom. The summed E-state index contributed by atoms with van der Waals surface area (Å²) in [5.41, 5.74) is 3.70. The van der Waals surface area contributed by atoms with E-state index in [1.165, 1.54) is 16.2 Å². The van der Waals surface area contributed by atoms with Gasteiger partial charge in [0.15, 0.2) is 5.13 Å². The fourth-order valence-electron chi connectivity index (χ4n) is 2.21. The van der Waals surface area contributed by atoms with Crippen LogP contribution in [-0.4, -0.2) is 17.1 Å². The third kappa shape index (κ3) is 3.81. The molecule has 0 radical (unpaired) electrons. The second kappa shape index (κ2) is 7.67. The number of hydrogen-bond donors (Lipinski definition) is 1. The number of rotatable bonds is 4. The smallest absolute Gasteiger partial charge is 0.258 e. The summed E-state index contributed by atoms with van der Waals surface area (Å²) < 4.78 is 0.969. The predicted molar refractivity (Wildman–Crippen MR) is 111 cm³/mol. The number of thioether (sulfide) groups is 1. The molecule has 0 atom stereocenters. The maximum Gasteiger partial charge on any atom is 0.258 e. The van der Waals surface area contributed by atoms with Crippen LogP contribution in [0.2, 0.25) is 0 Å². The molecule has 122 valence electrons. The van der Waals surface area contributed by atoms with Crippen molar-refractivity contribution in [3.8, 4) is 11.3 Å². The Balaban J connectivity index is 1.78. The lowest BCUT2D eigenvalue weighted by molar-refractivity contribution is 0.102. The van der Waals surface area contributed by atoms with Crippen molar-refractivity contribution in [1.29, 1.82) is 0 Å². The second-order valence-corrected chi connectivity index (χ2v) is 7.97. The molecule has 0 saturated heterocycles. The number of halogens is 1. The molecule has 0 aliphatic heterocycles. The number of benzene rings is 2. The highest BCUT2D eigenvalue weighted by Crippen LogP contribution is 2.27. The highest BCUT2D eigenvalue weighted by atomic mass is 127. The average Bonchev–Trinajstić information content (AvgIpc) is 3.05. The minimum atomic E-state index is -0.123. The van der Waals surface area contributed by atoms with E-state index in [9.17, 15) is 4.79 Å². The molecule has 0 spiro atoms. The van der Waals surface area contributed by atoms with E-state index >= 15 is 0 Å². The van der Waals surface area contributed by atoms with Crippen molar-refractivity contribution in [3.63, 3.8) is 0 Å². The van der Waals surface area contributed by atoms with Crippen molar-refractivity contribution < 1.29 is 4.79 Å². The number of nitrogens with one attached hydrogen (secondary N) is 1. The van der Waals surface area contributed by atoms with E-state index in [2.05, 4.69) is 63.4 Å². The molecule has 24 heavy (non-hydrogen) atoms. The summed E-state index contributed by atoms with van der Waals surface area (Å²) in [7, 11) is 0. The molecule has 1 heterocycles. The Labute approximate surface area is 163 Å². The predicted octanol–water partition coefficient (Wildman–Crippen LogP) is 5.70. The van der Waals surface area contributed by atoms with Gasteiger partial charge in [-0.05, 0) is 59.5 Å². The van der Waals surface area contributed by atoms with Gasteiger partial charge < -0.3 is 0 Å². The zero-order valence-electron chi connectivity index (χ0n) is 13.2. The van der Waals surface area contributed by atoms with Crippen LogP contribution in [0.15, 0.2) is 52.7 Å². The standard InChI is InChI=1S/C18H15IN2OS2/c1-11-4-3-5-14(16(11)19)17(22)21-18-20-15(10-24-18)12-6-8-13(23-2)9-7-12/h3-10H,1-2H3,(H,20,21,22). The van der Waals surface area contributed by atoms with Gasteiger partial charge in [-0.3, -0.25) is 10.1 Å². The number of hydrogen-bond acceptors (Lipinski definition) is 4. The van der Waals surface area contributed by atoms with E-state index in [0.29, 0.717) is 10.7 Å². The molecule has 0 bridgehead atoms. The lowest BCUT2D eigenvalue weighted by Crippen LogP contribution is -2.13. The Morgan fingerprint density at radius 2 is 1.96 bits per heavy atom. The molecule has 0 fully saturated rings. The van der Waals surface area contributed by atoms with Gasteiger partial charge in [0, 0.05) is 19.4 Å². The number of carbonyl (C=O) groups excluding carboxylic acids is 1. The number of thiazole rings is 1. The minimum Gasteiger partial charge on any atom is -0.298 e. The molecule has 0 aliphatic rings. The first-order chi connectivity index (χ1) is 11.6. The summed E-state index contributed by atoms with van der Waals surface area (Å²) in [4.78, 5) is 18.2. The topological polar surface area (TPSA) is 42.0 Å². The van der Waals surface area contributed by atoms with Crippen LogP contribution in [0.5, 0.6) is 0 Å². The number of nitrogens with zero attached hydrogens (tertiary/aromatic N) is 1. The van der Waals surface area contributed by atoms with Crippen molar-refractivity contribution in [3.05, 3.63) is 62.5 Å². The fourth-order valence-corrected chi connectivity index (χ4v) is 3.94. The fraction of sp³-hybridized carbons (Fsp3) is 0.111. The summed E-state index contributed by atoms with van der Waals surface area (Å²) in [6, 6.07) is 14.0. The van der Waals surface area contributed by atoms with Crippen molar-refractivity contribution >= 4 is 56.7 Å². The highest BCUT2D eigenvalue weighted by molar-refractivity contribution is 14.1. The molecule has 3 nitrogen and oxygen atoms in total. The van der Waals surface area contributed by atoms with Crippen molar-refractivity contribution in [2.75, 3.05) is 11.6 Å². The largest absolute Gasteiger partial charge is 0.298 e. The van der Waals surface area contributed by atoms with Gasteiger partial charge in [0.2, 0.25) is 0 Å². The third-order valence-electron chi connectivity index (χ3n) is 3.55. The Hall–Kier alpha value is -1.38. The first kappa shape index (κ1) is 17.4. The van der Waals surface area contributed by atoms with E-state index in [1.807, 2.05) is 30.5 Å². The van der Waals surface area contributed by atoms with E-state index in [1.54, 1.807) is 11.8 Å². The first-order valence-corrected chi connectivity index (χ1v) is 10.4. The molecule has 0 aliphatic carbocycles. The number of amides is 1. The molecule has 1 N–H and O–H groups in total.